The van der Waals surface area contributed by atoms with Gasteiger partial charge in [-0.05, 0) is 42.5 Å². The summed E-state index contributed by atoms with van der Waals surface area (Å²) in [5.74, 6) is -0.981. The number of carbonyl (C=O) groups is 1. The lowest BCUT2D eigenvalue weighted by molar-refractivity contribution is -0.144. The summed E-state index contributed by atoms with van der Waals surface area (Å²) in [5.41, 5.74) is 6.32. The molecular weight excluding hydrogens is 214 g/mol. The first-order chi connectivity index (χ1) is 7.04. The topological polar surface area (TPSA) is 63.3 Å². The van der Waals surface area contributed by atoms with E-state index in [1.165, 1.54) is 0 Å². The Morgan fingerprint density at radius 3 is 2.93 bits per heavy atom. The minimum Gasteiger partial charge on any atom is -0.480 e. The minimum atomic E-state index is -1.27. The summed E-state index contributed by atoms with van der Waals surface area (Å²) in [5, 5.41) is 9.70. The van der Waals surface area contributed by atoms with E-state index in [0.717, 1.165) is 18.4 Å². The summed E-state index contributed by atoms with van der Waals surface area (Å²) in [7, 11) is 0. The average Bonchev–Trinajstić information content (AvgIpc) is 2.19. The van der Waals surface area contributed by atoms with Crippen LogP contribution < -0.4 is 5.73 Å². The molecule has 0 heterocycles. The molecule has 2 rings (SSSR count). The van der Waals surface area contributed by atoms with E-state index in [1.807, 2.05) is 6.07 Å². The van der Waals surface area contributed by atoms with E-state index < -0.39 is 11.5 Å². The number of hydrogen-bond acceptors (Lipinski definition) is 2. The van der Waals surface area contributed by atoms with Crippen molar-refractivity contribution in [2.75, 3.05) is 0 Å². The molecule has 1 aromatic carbocycles. The molecule has 1 aliphatic rings. The highest BCUT2D eigenvalue weighted by Gasteiger charge is 2.39. The van der Waals surface area contributed by atoms with Crippen molar-refractivity contribution < 1.29 is 9.90 Å². The molecule has 0 bridgehead atoms. The van der Waals surface area contributed by atoms with Crippen LogP contribution in [0.1, 0.15) is 24.0 Å². The van der Waals surface area contributed by atoms with Crippen molar-refractivity contribution in [3.8, 4) is 0 Å². The summed E-state index contributed by atoms with van der Waals surface area (Å²) in [6.45, 7) is 0. The second-order valence-corrected chi connectivity index (χ2v) is 4.37. The fourth-order valence-corrected chi connectivity index (χ4v) is 2.27. The molecule has 1 atom stereocenters. The van der Waals surface area contributed by atoms with E-state index in [2.05, 4.69) is 0 Å². The lowest BCUT2D eigenvalue weighted by Gasteiger charge is -2.31. The average molecular weight is 226 g/mol. The van der Waals surface area contributed by atoms with Gasteiger partial charge < -0.3 is 10.8 Å². The third-order valence-corrected chi connectivity index (χ3v) is 3.19. The number of carboxylic acids is 1. The summed E-state index contributed by atoms with van der Waals surface area (Å²) < 4.78 is 0. The number of aliphatic carboxylic acids is 1. The van der Waals surface area contributed by atoms with Crippen LogP contribution in [0.5, 0.6) is 0 Å². The van der Waals surface area contributed by atoms with E-state index in [1.54, 1.807) is 12.1 Å². The Morgan fingerprint density at radius 2 is 2.27 bits per heavy atom. The number of hydrogen-bond donors (Lipinski definition) is 2. The van der Waals surface area contributed by atoms with Crippen LogP contribution in [0.2, 0.25) is 5.02 Å². The fourth-order valence-electron chi connectivity index (χ4n) is 2.10. The highest BCUT2D eigenvalue weighted by molar-refractivity contribution is 6.30. The molecular formula is C11H12ClNO2. The molecule has 0 fully saturated rings. The molecule has 80 valence electrons. The normalized spacial score (nSPS) is 24.7. The standard InChI is InChI=1S/C11H12ClNO2/c12-8-4-3-7-2-1-5-11(13,10(14)15)9(7)6-8/h3-4,6H,1-2,5,13H2,(H,14,15). The molecule has 15 heavy (non-hydrogen) atoms. The Balaban J connectivity index is 2.59. The molecule has 0 radical (unpaired) electrons. The van der Waals surface area contributed by atoms with Gasteiger partial charge in [0.15, 0.2) is 0 Å². The van der Waals surface area contributed by atoms with Crippen LogP contribution in [-0.2, 0) is 16.8 Å². The van der Waals surface area contributed by atoms with E-state index in [9.17, 15) is 4.79 Å². The van der Waals surface area contributed by atoms with Crippen molar-refractivity contribution in [3.05, 3.63) is 34.3 Å². The first kappa shape index (κ1) is 10.5. The van der Waals surface area contributed by atoms with Gasteiger partial charge in [0.1, 0.15) is 5.54 Å². The zero-order valence-corrected chi connectivity index (χ0v) is 8.92. The zero-order chi connectivity index (χ0) is 11.1. The maximum Gasteiger partial charge on any atom is 0.328 e. The number of benzene rings is 1. The van der Waals surface area contributed by atoms with Crippen molar-refractivity contribution >= 4 is 17.6 Å². The molecule has 4 heteroatoms. The second kappa shape index (κ2) is 3.51. The molecule has 0 aromatic heterocycles. The molecule has 1 aliphatic carbocycles. The minimum absolute atomic E-state index is 0.468. The summed E-state index contributed by atoms with van der Waals surface area (Å²) in [4.78, 5) is 11.2. The highest BCUT2D eigenvalue weighted by Crippen LogP contribution is 2.35. The maximum absolute atomic E-state index is 11.2. The monoisotopic (exact) mass is 225 g/mol. The molecule has 0 spiro atoms. The second-order valence-electron chi connectivity index (χ2n) is 3.93. The third kappa shape index (κ3) is 1.62. The molecule has 0 aliphatic heterocycles. The van der Waals surface area contributed by atoms with Gasteiger partial charge in [0, 0.05) is 5.02 Å². The first-order valence-corrected chi connectivity index (χ1v) is 5.23. The van der Waals surface area contributed by atoms with Crippen molar-refractivity contribution in [1.82, 2.24) is 0 Å². The van der Waals surface area contributed by atoms with Crippen molar-refractivity contribution in [1.29, 1.82) is 0 Å². The summed E-state index contributed by atoms with van der Waals surface area (Å²) >= 11 is 5.86. The molecule has 0 saturated carbocycles. The number of fused-ring (bicyclic) bond motifs is 1. The largest absolute Gasteiger partial charge is 0.480 e. The van der Waals surface area contributed by atoms with Gasteiger partial charge in [-0.3, -0.25) is 0 Å². The lowest BCUT2D eigenvalue weighted by Crippen LogP contribution is -2.47. The third-order valence-electron chi connectivity index (χ3n) is 2.95. The highest BCUT2D eigenvalue weighted by atomic mass is 35.5. The predicted octanol–water partition coefficient (Wildman–Crippen LogP) is 1.91. The lowest BCUT2D eigenvalue weighted by atomic mass is 9.77. The summed E-state index contributed by atoms with van der Waals surface area (Å²) in [6.07, 6.45) is 2.14. The van der Waals surface area contributed by atoms with Gasteiger partial charge in [0.05, 0.1) is 0 Å². The predicted molar refractivity (Wildman–Crippen MR) is 57.9 cm³/mol. The Kier molecular flexibility index (Phi) is 2.44. The Hall–Kier alpha value is -1.06. The van der Waals surface area contributed by atoms with Gasteiger partial charge in [-0.1, -0.05) is 17.7 Å². The van der Waals surface area contributed by atoms with Crippen molar-refractivity contribution in [2.24, 2.45) is 5.73 Å². The fraction of sp³-hybridized carbons (Fsp3) is 0.364. The first-order valence-electron chi connectivity index (χ1n) is 4.85. The van der Waals surface area contributed by atoms with E-state index in [0.29, 0.717) is 17.0 Å². The van der Waals surface area contributed by atoms with Crippen LogP contribution in [0.15, 0.2) is 18.2 Å². The van der Waals surface area contributed by atoms with Crippen LogP contribution >= 0.6 is 11.6 Å². The van der Waals surface area contributed by atoms with Crippen LogP contribution in [-0.4, -0.2) is 11.1 Å². The van der Waals surface area contributed by atoms with Gasteiger partial charge in [0.25, 0.3) is 0 Å². The SMILES string of the molecule is NC1(C(=O)O)CCCc2ccc(Cl)cc21. The van der Waals surface area contributed by atoms with Crippen LogP contribution in [0.3, 0.4) is 0 Å². The summed E-state index contributed by atoms with van der Waals surface area (Å²) in [6, 6.07) is 5.31. The van der Waals surface area contributed by atoms with Gasteiger partial charge in [-0.25, -0.2) is 4.79 Å². The quantitative estimate of drug-likeness (QED) is 0.768. The molecule has 3 nitrogen and oxygen atoms in total. The maximum atomic E-state index is 11.2. The van der Waals surface area contributed by atoms with E-state index >= 15 is 0 Å². The van der Waals surface area contributed by atoms with Crippen LogP contribution in [0, 0.1) is 0 Å². The molecule has 3 N–H and O–H groups in total. The smallest absolute Gasteiger partial charge is 0.328 e. The Bertz CT molecular complexity index is 419. The Labute approximate surface area is 92.8 Å². The van der Waals surface area contributed by atoms with Gasteiger partial charge >= 0.3 is 5.97 Å². The molecule has 0 amide bonds. The van der Waals surface area contributed by atoms with Crippen LogP contribution in [0.4, 0.5) is 0 Å². The Morgan fingerprint density at radius 1 is 1.53 bits per heavy atom. The number of nitrogens with two attached hydrogens (primary N) is 1. The van der Waals surface area contributed by atoms with Gasteiger partial charge in [-0.2, -0.15) is 0 Å². The molecule has 1 aromatic rings. The number of aryl methyl sites for hydroxylation is 1. The van der Waals surface area contributed by atoms with E-state index in [-0.39, 0.29) is 0 Å². The molecule has 0 saturated heterocycles. The van der Waals surface area contributed by atoms with Crippen LogP contribution in [0.25, 0.3) is 0 Å². The molecule has 1 unspecified atom stereocenters. The number of halogens is 1. The van der Waals surface area contributed by atoms with Crippen molar-refractivity contribution in [3.63, 3.8) is 0 Å². The van der Waals surface area contributed by atoms with E-state index in [4.69, 9.17) is 22.4 Å². The zero-order valence-electron chi connectivity index (χ0n) is 8.16. The number of rotatable bonds is 1. The number of carboxylic acid groups (broad SMARTS) is 1. The van der Waals surface area contributed by atoms with Gasteiger partial charge in [0.2, 0.25) is 0 Å². The van der Waals surface area contributed by atoms with Gasteiger partial charge in [-0.15, -0.1) is 0 Å². The van der Waals surface area contributed by atoms with Crippen molar-refractivity contribution in [2.45, 2.75) is 24.8 Å².